The number of ether oxygens (including phenoxy) is 1. The summed E-state index contributed by atoms with van der Waals surface area (Å²) in [7, 11) is -0.578. The van der Waals surface area contributed by atoms with E-state index in [2.05, 4.69) is 5.32 Å². The molecule has 4 rings (SSSR count). The highest BCUT2D eigenvalue weighted by Crippen LogP contribution is 2.43. The predicted octanol–water partition coefficient (Wildman–Crippen LogP) is 2.43. The van der Waals surface area contributed by atoms with Gasteiger partial charge in [-0.1, -0.05) is 18.2 Å². The topological polar surface area (TPSA) is 99.2 Å². The first-order valence-corrected chi connectivity index (χ1v) is 11.2. The van der Waals surface area contributed by atoms with Crippen molar-refractivity contribution < 1.29 is 23.1 Å². The quantitative estimate of drug-likeness (QED) is 0.778. The fourth-order valence-corrected chi connectivity index (χ4v) is 4.88. The summed E-state index contributed by atoms with van der Waals surface area (Å²) in [6.07, 6.45) is 0.445. The van der Waals surface area contributed by atoms with E-state index in [-0.39, 0.29) is 10.9 Å². The number of aliphatic hydroxyl groups excluding tert-OH is 1. The Kier molecular flexibility index (Phi) is 5.21. The van der Waals surface area contributed by atoms with E-state index in [1.165, 1.54) is 26.2 Å². The number of benzene rings is 2. The highest BCUT2D eigenvalue weighted by Gasteiger charge is 2.46. The molecule has 160 valence electrons. The van der Waals surface area contributed by atoms with E-state index in [0.29, 0.717) is 37.4 Å². The standard InChI is InChI=1S/C21H25N3O5S/c1-23(2)30(27,28)16-9-7-15(8-10-16)22-20(26)24-12-11-21(14-24)13-18(25)17-5-3-4-6-19(17)29-21/h3-10,18,25H,11-14H2,1-2H3,(H,22,26). The van der Waals surface area contributed by atoms with Gasteiger partial charge in [-0.05, 0) is 30.3 Å². The Morgan fingerprint density at radius 3 is 2.60 bits per heavy atom. The predicted molar refractivity (Wildman–Crippen MR) is 112 cm³/mol. The Hall–Kier alpha value is -2.62. The summed E-state index contributed by atoms with van der Waals surface area (Å²) < 4.78 is 31.7. The lowest BCUT2D eigenvalue weighted by atomic mass is 9.88. The lowest BCUT2D eigenvalue weighted by Crippen LogP contribution is -2.45. The maximum Gasteiger partial charge on any atom is 0.321 e. The lowest BCUT2D eigenvalue weighted by Gasteiger charge is -2.38. The van der Waals surface area contributed by atoms with Crippen molar-refractivity contribution in [1.29, 1.82) is 0 Å². The number of fused-ring (bicyclic) bond motifs is 1. The largest absolute Gasteiger partial charge is 0.485 e. The Morgan fingerprint density at radius 1 is 1.20 bits per heavy atom. The lowest BCUT2D eigenvalue weighted by molar-refractivity contribution is -0.00492. The molecular formula is C21H25N3O5S. The van der Waals surface area contributed by atoms with Crippen molar-refractivity contribution in [2.75, 3.05) is 32.5 Å². The summed E-state index contributed by atoms with van der Waals surface area (Å²) in [6, 6.07) is 13.2. The van der Waals surface area contributed by atoms with Gasteiger partial charge in [-0.3, -0.25) is 0 Å². The van der Waals surface area contributed by atoms with Gasteiger partial charge in [0.1, 0.15) is 11.4 Å². The van der Waals surface area contributed by atoms with Crippen molar-refractivity contribution in [1.82, 2.24) is 9.21 Å². The van der Waals surface area contributed by atoms with Crippen LogP contribution in [0, 0.1) is 0 Å². The SMILES string of the molecule is CN(C)S(=O)(=O)c1ccc(NC(=O)N2CCC3(CC(O)c4ccccc4O3)C2)cc1. The molecule has 2 atom stereocenters. The van der Waals surface area contributed by atoms with Gasteiger partial charge in [0.2, 0.25) is 10.0 Å². The van der Waals surface area contributed by atoms with E-state index in [9.17, 15) is 18.3 Å². The molecule has 9 heteroatoms. The van der Waals surface area contributed by atoms with Crippen LogP contribution in [-0.4, -0.2) is 61.5 Å². The van der Waals surface area contributed by atoms with Gasteiger partial charge in [0.25, 0.3) is 0 Å². The van der Waals surface area contributed by atoms with Crippen molar-refractivity contribution >= 4 is 21.7 Å². The zero-order chi connectivity index (χ0) is 21.5. The molecule has 0 saturated carbocycles. The summed E-state index contributed by atoms with van der Waals surface area (Å²) in [6.45, 7) is 0.880. The highest BCUT2D eigenvalue weighted by molar-refractivity contribution is 7.89. The third-order valence-corrected chi connectivity index (χ3v) is 7.49. The molecule has 1 fully saturated rings. The van der Waals surface area contributed by atoms with E-state index < -0.39 is 21.7 Å². The molecule has 2 N–H and O–H groups in total. The summed E-state index contributed by atoms with van der Waals surface area (Å²) in [5.41, 5.74) is 0.682. The molecule has 0 radical (unpaired) electrons. The van der Waals surface area contributed by atoms with Crippen LogP contribution in [0.5, 0.6) is 5.75 Å². The molecule has 2 heterocycles. The van der Waals surface area contributed by atoms with Crippen molar-refractivity contribution in [2.45, 2.75) is 29.4 Å². The third-order valence-electron chi connectivity index (χ3n) is 5.66. The van der Waals surface area contributed by atoms with Gasteiger partial charge < -0.3 is 20.1 Å². The van der Waals surface area contributed by atoms with Gasteiger partial charge >= 0.3 is 6.03 Å². The number of rotatable bonds is 3. The number of likely N-dealkylation sites (tertiary alicyclic amines) is 1. The number of nitrogens with one attached hydrogen (secondary N) is 1. The Bertz CT molecular complexity index is 1050. The molecule has 1 spiro atoms. The van der Waals surface area contributed by atoms with Gasteiger partial charge in [-0.2, -0.15) is 0 Å². The molecule has 2 aliphatic rings. The number of para-hydroxylation sites is 1. The normalized spacial score (nSPS) is 23.3. The van der Waals surface area contributed by atoms with E-state index in [4.69, 9.17) is 4.74 Å². The van der Waals surface area contributed by atoms with E-state index in [0.717, 1.165) is 9.87 Å². The molecule has 30 heavy (non-hydrogen) atoms. The number of anilines is 1. The van der Waals surface area contributed by atoms with E-state index >= 15 is 0 Å². The van der Waals surface area contributed by atoms with Crippen LogP contribution in [0.1, 0.15) is 24.5 Å². The Balaban J connectivity index is 1.43. The zero-order valence-electron chi connectivity index (χ0n) is 16.9. The maximum absolute atomic E-state index is 12.7. The second-order valence-corrected chi connectivity index (χ2v) is 10.1. The van der Waals surface area contributed by atoms with Gasteiger partial charge in [0.15, 0.2) is 0 Å². The van der Waals surface area contributed by atoms with Crippen LogP contribution >= 0.6 is 0 Å². The summed E-state index contributed by atoms with van der Waals surface area (Å²) in [5.74, 6) is 0.663. The summed E-state index contributed by atoms with van der Waals surface area (Å²) in [5, 5.41) is 13.3. The third kappa shape index (κ3) is 3.76. The van der Waals surface area contributed by atoms with Crippen LogP contribution in [0.4, 0.5) is 10.5 Å². The monoisotopic (exact) mass is 431 g/mol. The van der Waals surface area contributed by atoms with Crippen LogP contribution in [0.25, 0.3) is 0 Å². The minimum atomic E-state index is -3.52. The fraction of sp³-hybridized carbons (Fsp3) is 0.381. The molecule has 0 aliphatic carbocycles. The van der Waals surface area contributed by atoms with Gasteiger partial charge in [-0.15, -0.1) is 0 Å². The van der Waals surface area contributed by atoms with Crippen molar-refractivity contribution in [2.24, 2.45) is 0 Å². The number of hydrogen-bond donors (Lipinski definition) is 2. The minimum absolute atomic E-state index is 0.161. The smallest absolute Gasteiger partial charge is 0.321 e. The number of carbonyl (C=O) groups excluding carboxylic acids is 1. The van der Waals surface area contributed by atoms with Crippen molar-refractivity contribution in [3.63, 3.8) is 0 Å². The van der Waals surface area contributed by atoms with Gasteiger partial charge in [0.05, 0.1) is 17.5 Å². The number of sulfonamides is 1. The molecular weight excluding hydrogens is 406 g/mol. The first kappa shape index (κ1) is 20.6. The van der Waals surface area contributed by atoms with Crippen LogP contribution in [0.2, 0.25) is 0 Å². The number of nitrogens with zero attached hydrogens (tertiary/aromatic N) is 2. The number of amides is 2. The molecule has 0 bridgehead atoms. The molecule has 2 aromatic carbocycles. The number of aliphatic hydroxyl groups is 1. The number of urea groups is 1. The van der Waals surface area contributed by atoms with Crippen molar-refractivity contribution in [3.8, 4) is 5.75 Å². The molecule has 1 saturated heterocycles. The molecule has 2 aromatic rings. The molecule has 0 aromatic heterocycles. The minimum Gasteiger partial charge on any atom is -0.485 e. The number of hydrogen-bond acceptors (Lipinski definition) is 5. The Labute approximate surface area is 176 Å². The first-order valence-electron chi connectivity index (χ1n) is 9.75. The molecule has 2 unspecified atom stereocenters. The van der Waals surface area contributed by atoms with Crippen LogP contribution < -0.4 is 10.1 Å². The second kappa shape index (κ2) is 7.57. The van der Waals surface area contributed by atoms with E-state index in [1.54, 1.807) is 17.0 Å². The average Bonchev–Trinajstić information content (AvgIpc) is 3.11. The molecule has 2 aliphatic heterocycles. The highest BCUT2D eigenvalue weighted by atomic mass is 32.2. The summed E-state index contributed by atoms with van der Waals surface area (Å²) in [4.78, 5) is 14.5. The van der Waals surface area contributed by atoms with E-state index in [1.807, 2.05) is 24.3 Å². The molecule has 2 amide bonds. The van der Waals surface area contributed by atoms with Crippen LogP contribution in [0.3, 0.4) is 0 Å². The fourth-order valence-electron chi connectivity index (χ4n) is 3.98. The zero-order valence-corrected chi connectivity index (χ0v) is 17.7. The average molecular weight is 432 g/mol. The Morgan fingerprint density at radius 2 is 1.90 bits per heavy atom. The van der Waals surface area contributed by atoms with Crippen molar-refractivity contribution in [3.05, 3.63) is 54.1 Å². The number of carbonyl (C=O) groups is 1. The summed E-state index contributed by atoms with van der Waals surface area (Å²) >= 11 is 0. The first-order chi connectivity index (χ1) is 14.2. The van der Waals surface area contributed by atoms with Crippen LogP contribution in [0.15, 0.2) is 53.4 Å². The second-order valence-electron chi connectivity index (χ2n) is 7.96. The molecule has 8 nitrogen and oxygen atoms in total. The maximum atomic E-state index is 12.7. The van der Waals surface area contributed by atoms with Crippen LogP contribution in [-0.2, 0) is 10.0 Å². The van der Waals surface area contributed by atoms with Gasteiger partial charge in [-0.25, -0.2) is 17.5 Å². The van der Waals surface area contributed by atoms with Gasteiger partial charge in [0, 0.05) is 44.7 Å².